The predicted octanol–water partition coefficient (Wildman–Crippen LogP) is 2.21. The lowest BCUT2D eigenvalue weighted by Crippen LogP contribution is -2.61. The molecule has 2 N–H and O–H groups in total. The van der Waals surface area contributed by atoms with Gasteiger partial charge in [0.1, 0.15) is 0 Å². The number of urea groups is 1. The van der Waals surface area contributed by atoms with Gasteiger partial charge in [0.15, 0.2) is 0 Å². The average Bonchev–Trinajstić information content (AvgIpc) is 2.32. The molecule has 0 aromatic heterocycles. The van der Waals surface area contributed by atoms with Crippen molar-refractivity contribution >= 4 is 6.03 Å². The SMILES string of the molecule is CN(C)CCCNC(=O)NC12CC3CC(CC(C3)C1)C2. The van der Waals surface area contributed by atoms with Crippen molar-refractivity contribution in [2.24, 2.45) is 17.8 Å². The Balaban J connectivity index is 1.46. The number of carbonyl (C=O) groups excluding carboxylic acids is 1. The van der Waals surface area contributed by atoms with E-state index in [1.165, 1.54) is 38.5 Å². The molecule has 4 aliphatic carbocycles. The number of hydrogen-bond donors (Lipinski definition) is 2. The zero-order chi connectivity index (χ0) is 14.2. The van der Waals surface area contributed by atoms with Gasteiger partial charge in [-0.3, -0.25) is 0 Å². The summed E-state index contributed by atoms with van der Waals surface area (Å²) in [4.78, 5) is 14.3. The van der Waals surface area contributed by atoms with E-state index in [0.29, 0.717) is 0 Å². The van der Waals surface area contributed by atoms with Gasteiger partial charge in [-0.15, -0.1) is 0 Å². The number of hydrogen-bond acceptors (Lipinski definition) is 2. The molecule has 0 atom stereocenters. The summed E-state index contributed by atoms with van der Waals surface area (Å²) in [6.45, 7) is 1.80. The fourth-order valence-corrected chi connectivity index (χ4v) is 5.15. The molecule has 0 heterocycles. The van der Waals surface area contributed by atoms with Crippen LogP contribution < -0.4 is 10.6 Å². The molecular weight excluding hydrogens is 250 g/mol. The van der Waals surface area contributed by atoms with E-state index < -0.39 is 0 Å². The topological polar surface area (TPSA) is 44.4 Å². The molecule has 4 nitrogen and oxygen atoms in total. The summed E-state index contributed by atoms with van der Waals surface area (Å²) in [7, 11) is 4.13. The largest absolute Gasteiger partial charge is 0.338 e. The van der Waals surface area contributed by atoms with Gasteiger partial charge < -0.3 is 15.5 Å². The molecule has 4 saturated carbocycles. The van der Waals surface area contributed by atoms with Gasteiger partial charge in [-0.25, -0.2) is 4.79 Å². The van der Waals surface area contributed by atoms with Crippen molar-refractivity contribution in [2.75, 3.05) is 27.2 Å². The number of nitrogens with one attached hydrogen (secondary N) is 2. The molecule has 4 bridgehead atoms. The molecule has 114 valence electrons. The number of carbonyl (C=O) groups is 1. The minimum atomic E-state index is 0.0608. The summed E-state index contributed by atoms with van der Waals surface area (Å²) in [5.41, 5.74) is 0.139. The zero-order valence-corrected chi connectivity index (χ0v) is 13.0. The van der Waals surface area contributed by atoms with Crippen LogP contribution in [0.15, 0.2) is 0 Å². The van der Waals surface area contributed by atoms with Crippen LogP contribution in [-0.2, 0) is 0 Å². The van der Waals surface area contributed by atoms with Gasteiger partial charge in [0, 0.05) is 12.1 Å². The lowest BCUT2D eigenvalue weighted by molar-refractivity contribution is -0.0135. The van der Waals surface area contributed by atoms with Crippen molar-refractivity contribution in [1.82, 2.24) is 15.5 Å². The molecule has 0 aliphatic heterocycles. The third-order valence-electron chi connectivity index (χ3n) is 5.48. The second-order valence-corrected chi connectivity index (χ2v) is 7.74. The van der Waals surface area contributed by atoms with Crippen molar-refractivity contribution in [3.05, 3.63) is 0 Å². The van der Waals surface area contributed by atoms with E-state index in [1.54, 1.807) is 0 Å². The first-order valence-corrected chi connectivity index (χ1v) is 8.25. The molecule has 0 unspecified atom stereocenters. The van der Waals surface area contributed by atoms with Crippen molar-refractivity contribution in [1.29, 1.82) is 0 Å². The van der Waals surface area contributed by atoms with Crippen LogP contribution in [-0.4, -0.2) is 43.7 Å². The Morgan fingerprint density at radius 1 is 1.10 bits per heavy atom. The van der Waals surface area contributed by atoms with Crippen LogP contribution in [0.1, 0.15) is 44.9 Å². The van der Waals surface area contributed by atoms with Crippen LogP contribution in [0, 0.1) is 17.8 Å². The number of rotatable bonds is 5. The highest BCUT2D eigenvalue weighted by atomic mass is 16.2. The Kier molecular flexibility index (Phi) is 3.93. The highest BCUT2D eigenvalue weighted by Crippen LogP contribution is 2.55. The summed E-state index contributed by atoms with van der Waals surface area (Å²) in [5.74, 6) is 2.65. The first kappa shape index (κ1) is 14.2. The van der Waals surface area contributed by atoms with Gasteiger partial charge in [0.05, 0.1) is 0 Å². The Morgan fingerprint density at radius 2 is 1.65 bits per heavy atom. The third kappa shape index (κ3) is 3.11. The number of amides is 2. The summed E-state index contributed by atoms with van der Waals surface area (Å²) in [5, 5.41) is 6.39. The van der Waals surface area contributed by atoms with Crippen LogP contribution in [0.3, 0.4) is 0 Å². The highest BCUT2D eigenvalue weighted by molar-refractivity contribution is 5.74. The van der Waals surface area contributed by atoms with Gasteiger partial charge in [-0.1, -0.05) is 0 Å². The van der Waals surface area contributed by atoms with E-state index in [1.807, 2.05) is 0 Å². The van der Waals surface area contributed by atoms with Crippen molar-refractivity contribution in [2.45, 2.75) is 50.5 Å². The van der Waals surface area contributed by atoms with Gasteiger partial charge in [0.2, 0.25) is 0 Å². The molecule has 4 aliphatic rings. The van der Waals surface area contributed by atoms with E-state index in [-0.39, 0.29) is 11.6 Å². The van der Waals surface area contributed by atoms with E-state index in [9.17, 15) is 4.79 Å². The first-order valence-electron chi connectivity index (χ1n) is 8.25. The monoisotopic (exact) mass is 279 g/mol. The van der Waals surface area contributed by atoms with Crippen LogP contribution in [0.25, 0.3) is 0 Å². The third-order valence-corrected chi connectivity index (χ3v) is 5.48. The Labute approximate surface area is 122 Å². The molecule has 4 heteroatoms. The normalized spacial score (nSPS) is 38.2. The lowest BCUT2D eigenvalue weighted by Gasteiger charge is -2.56. The van der Waals surface area contributed by atoms with E-state index in [0.717, 1.165) is 37.3 Å². The highest BCUT2D eigenvalue weighted by Gasteiger charge is 2.51. The van der Waals surface area contributed by atoms with E-state index in [2.05, 4.69) is 29.6 Å². The minimum Gasteiger partial charge on any atom is -0.338 e. The Hall–Kier alpha value is -0.770. The standard InChI is InChI=1S/C16H29N3O/c1-19(2)5-3-4-17-15(20)18-16-9-12-6-13(10-16)8-14(7-12)11-16/h12-14H,3-11H2,1-2H3,(H2,17,18,20). The maximum absolute atomic E-state index is 12.1. The molecule has 2 amide bonds. The Bertz CT molecular complexity index is 331. The molecule has 0 spiro atoms. The molecule has 4 fully saturated rings. The average molecular weight is 279 g/mol. The zero-order valence-electron chi connectivity index (χ0n) is 13.0. The number of nitrogens with zero attached hydrogens (tertiary/aromatic N) is 1. The molecule has 0 radical (unpaired) electrons. The molecule has 4 rings (SSSR count). The lowest BCUT2D eigenvalue weighted by atomic mass is 9.53. The van der Waals surface area contributed by atoms with Crippen LogP contribution >= 0.6 is 0 Å². The van der Waals surface area contributed by atoms with Gasteiger partial charge in [-0.05, 0) is 83.3 Å². The second kappa shape index (κ2) is 5.55. The fraction of sp³-hybridized carbons (Fsp3) is 0.938. The van der Waals surface area contributed by atoms with Crippen LogP contribution in [0.4, 0.5) is 4.79 Å². The fourth-order valence-electron chi connectivity index (χ4n) is 5.15. The maximum atomic E-state index is 12.1. The van der Waals surface area contributed by atoms with Crippen LogP contribution in [0.2, 0.25) is 0 Å². The van der Waals surface area contributed by atoms with Gasteiger partial charge >= 0.3 is 6.03 Å². The maximum Gasteiger partial charge on any atom is 0.315 e. The summed E-state index contributed by atoms with van der Waals surface area (Å²) in [6.07, 6.45) is 8.96. The minimum absolute atomic E-state index is 0.0608. The quantitative estimate of drug-likeness (QED) is 0.758. The van der Waals surface area contributed by atoms with Gasteiger partial charge in [0.25, 0.3) is 0 Å². The van der Waals surface area contributed by atoms with Crippen LogP contribution in [0.5, 0.6) is 0 Å². The molecule has 0 aromatic carbocycles. The van der Waals surface area contributed by atoms with Crippen molar-refractivity contribution < 1.29 is 4.79 Å². The molecular formula is C16H29N3O. The summed E-state index contributed by atoms with van der Waals surface area (Å²) in [6, 6.07) is 0.0608. The molecule has 0 aromatic rings. The predicted molar refractivity (Wildman–Crippen MR) is 80.6 cm³/mol. The first-order chi connectivity index (χ1) is 9.55. The molecule has 20 heavy (non-hydrogen) atoms. The molecule has 0 saturated heterocycles. The van der Waals surface area contributed by atoms with E-state index >= 15 is 0 Å². The smallest absolute Gasteiger partial charge is 0.315 e. The summed E-state index contributed by atoms with van der Waals surface area (Å²) < 4.78 is 0. The second-order valence-electron chi connectivity index (χ2n) is 7.74. The van der Waals surface area contributed by atoms with E-state index in [4.69, 9.17) is 0 Å². The summed E-state index contributed by atoms with van der Waals surface area (Å²) >= 11 is 0. The Morgan fingerprint density at radius 3 is 2.15 bits per heavy atom. The van der Waals surface area contributed by atoms with Crippen molar-refractivity contribution in [3.8, 4) is 0 Å². The van der Waals surface area contributed by atoms with Gasteiger partial charge in [-0.2, -0.15) is 0 Å². The van der Waals surface area contributed by atoms with Crippen molar-refractivity contribution in [3.63, 3.8) is 0 Å².